The first-order chi connectivity index (χ1) is 9.56. The van der Waals surface area contributed by atoms with Gasteiger partial charge in [-0.05, 0) is 19.2 Å². The van der Waals surface area contributed by atoms with Gasteiger partial charge in [0, 0.05) is 46.3 Å². The third kappa shape index (κ3) is 4.06. The van der Waals surface area contributed by atoms with Crippen LogP contribution in [-0.2, 0) is 0 Å². The molecule has 1 aliphatic heterocycles. The van der Waals surface area contributed by atoms with Gasteiger partial charge in [-0.15, -0.1) is 0 Å². The topological polar surface area (TPSA) is 60.2 Å². The van der Waals surface area contributed by atoms with E-state index in [1.165, 1.54) is 11.2 Å². The number of hydrogen-bond donors (Lipinski definition) is 1. The van der Waals surface area contributed by atoms with Crippen molar-refractivity contribution in [2.45, 2.75) is 6.10 Å². The van der Waals surface area contributed by atoms with Crippen LogP contribution in [0.2, 0.25) is 0 Å². The van der Waals surface area contributed by atoms with Gasteiger partial charge in [-0.25, -0.2) is 0 Å². The highest BCUT2D eigenvalue weighted by atomic mass is 16.3. The molecule has 1 unspecified atom stereocenters. The summed E-state index contributed by atoms with van der Waals surface area (Å²) < 4.78 is 5.07. The van der Waals surface area contributed by atoms with Crippen LogP contribution in [-0.4, -0.2) is 85.2 Å². The van der Waals surface area contributed by atoms with Gasteiger partial charge >= 0.3 is 0 Å². The van der Waals surface area contributed by atoms with Gasteiger partial charge in [0.25, 0.3) is 5.91 Å². The highest BCUT2D eigenvalue weighted by Crippen LogP contribution is 2.06. The number of furan rings is 1. The third-order valence-electron chi connectivity index (χ3n) is 3.63. The van der Waals surface area contributed by atoms with Gasteiger partial charge in [0.1, 0.15) is 0 Å². The Morgan fingerprint density at radius 3 is 2.75 bits per heavy atom. The molecule has 0 bridgehead atoms. The molecule has 1 N–H and O–H groups in total. The van der Waals surface area contributed by atoms with Crippen molar-refractivity contribution < 1.29 is 14.3 Å². The summed E-state index contributed by atoms with van der Waals surface area (Å²) in [5.41, 5.74) is 0. The molecule has 0 aliphatic carbocycles. The number of carbonyl (C=O) groups excluding carboxylic acids is 1. The lowest BCUT2D eigenvalue weighted by molar-refractivity contribution is 0.0485. The van der Waals surface area contributed by atoms with Gasteiger partial charge in [-0.3, -0.25) is 9.69 Å². The summed E-state index contributed by atoms with van der Waals surface area (Å²) in [4.78, 5) is 18.0. The molecule has 1 aliphatic rings. The van der Waals surface area contributed by atoms with Gasteiger partial charge in [0.15, 0.2) is 5.76 Å². The first-order valence-corrected chi connectivity index (χ1v) is 6.94. The van der Waals surface area contributed by atoms with Crippen LogP contribution in [0.4, 0.5) is 0 Å². The third-order valence-corrected chi connectivity index (χ3v) is 3.63. The molecule has 0 aromatic carbocycles. The van der Waals surface area contributed by atoms with Crippen LogP contribution in [0.3, 0.4) is 0 Å². The number of rotatable bonds is 5. The van der Waals surface area contributed by atoms with Gasteiger partial charge in [-0.2, -0.15) is 0 Å². The highest BCUT2D eigenvalue weighted by Gasteiger charge is 2.21. The Bertz CT molecular complexity index is 413. The number of hydrogen-bond acceptors (Lipinski definition) is 5. The SMILES string of the molecule is CN1CCN(CC(O)CN(C)C(=O)c2ccco2)CC1. The van der Waals surface area contributed by atoms with E-state index >= 15 is 0 Å². The van der Waals surface area contributed by atoms with Crippen LogP contribution in [0.15, 0.2) is 22.8 Å². The number of amides is 1. The second-order valence-corrected chi connectivity index (χ2v) is 5.42. The maximum Gasteiger partial charge on any atom is 0.289 e. The van der Waals surface area contributed by atoms with Crippen molar-refractivity contribution in [2.24, 2.45) is 0 Å². The Labute approximate surface area is 119 Å². The second-order valence-electron chi connectivity index (χ2n) is 5.42. The van der Waals surface area contributed by atoms with E-state index in [1.54, 1.807) is 19.2 Å². The molecule has 6 heteroatoms. The Morgan fingerprint density at radius 1 is 1.45 bits per heavy atom. The van der Waals surface area contributed by atoms with Crippen molar-refractivity contribution in [2.75, 3.05) is 53.4 Å². The smallest absolute Gasteiger partial charge is 0.289 e. The van der Waals surface area contributed by atoms with Gasteiger partial charge in [0.05, 0.1) is 12.4 Å². The van der Waals surface area contributed by atoms with Crippen LogP contribution < -0.4 is 0 Å². The molecule has 0 radical (unpaired) electrons. The zero-order chi connectivity index (χ0) is 14.5. The van der Waals surface area contributed by atoms with Crippen molar-refractivity contribution in [1.82, 2.24) is 14.7 Å². The van der Waals surface area contributed by atoms with Gasteiger partial charge in [-0.1, -0.05) is 0 Å². The van der Waals surface area contributed by atoms with Gasteiger partial charge in [0.2, 0.25) is 0 Å². The monoisotopic (exact) mass is 281 g/mol. The number of carbonyl (C=O) groups is 1. The predicted molar refractivity (Wildman–Crippen MR) is 75.6 cm³/mol. The van der Waals surface area contributed by atoms with Crippen LogP contribution in [0.1, 0.15) is 10.6 Å². The molecular weight excluding hydrogens is 258 g/mol. The molecule has 6 nitrogen and oxygen atoms in total. The number of piperazine rings is 1. The zero-order valence-corrected chi connectivity index (χ0v) is 12.2. The van der Waals surface area contributed by atoms with Crippen molar-refractivity contribution >= 4 is 5.91 Å². The van der Waals surface area contributed by atoms with E-state index in [2.05, 4.69) is 16.8 Å². The summed E-state index contributed by atoms with van der Waals surface area (Å²) in [6.45, 7) is 4.88. The Hall–Kier alpha value is -1.37. The first-order valence-electron chi connectivity index (χ1n) is 6.94. The van der Waals surface area contributed by atoms with Crippen LogP contribution in [0, 0.1) is 0 Å². The van der Waals surface area contributed by atoms with E-state index < -0.39 is 6.10 Å². The fourth-order valence-electron chi connectivity index (χ4n) is 2.37. The lowest BCUT2D eigenvalue weighted by atomic mass is 10.2. The molecule has 0 spiro atoms. The summed E-state index contributed by atoms with van der Waals surface area (Å²) >= 11 is 0. The summed E-state index contributed by atoms with van der Waals surface area (Å²) in [7, 11) is 3.78. The Morgan fingerprint density at radius 2 is 2.15 bits per heavy atom. The number of aliphatic hydroxyl groups is 1. The molecule has 112 valence electrons. The highest BCUT2D eigenvalue weighted by molar-refractivity contribution is 5.91. The fourth-order valence-corrected chi connectivity index (χ4v) is 2.37. The molecule has 2 rings (SSSR count). The lowest BCUT2D eigenvalue weighted by Crippen LogP contribution is -2.48. The van der Waals surface area contributed by atoms with Crippen molar-refractivity contribution in [1.29, 1.82) is 0 Å². The maximum absolute atomic E-state index is 12.0. The molecule has 0 saturated carbocycles. The Balaban J connectivity index is 1.76. The maximum atomic E-state index is 12.0. The average molecular weight is 281 g/mol. The standard InChI is InChI=1S/C14H23N3O3/c1-15-5-7-17(8-6-15)11-12(18)10-16(2)14(19)13-4-3-9-20-13/h3-4,9,12,18H,5-8,10-11H2,1-2H3. The largest absolute Gasteiger partial charge is 0.459 e. The summed E-state index contributed by atoms with van der Waals surface area (Å²) in [5, 5.41) is 10.1. The molecule has 2 heterocycles. The molecular formula is C14H23N3O3. The first kappa shape index (κ1) is 15.0. The summed E-state index contributed by atoms with van der Waals surface area (Å²) in [6, 6.07) is 3.31. The fraction of sp³-hybridized carbons (Fsp3) is 0.643. The van der Waals surface area contributed by atoms with E-state index in [0.717, 1.165) is 26.2 Å². The number of β-amino-alcohol motifs (C(OH)–C–C–N with tert-alkyl or cyclic N) is 1. The van der Waals surface area contributed by atoms with E-state index in [1.807, 2.05) is 0 Å². The molecule has 1 saturated heterocycles. The average Bonchev–Trinajstić information content (AvgIpc) is 2.94. The minimum absolute atomic E-state index is 0.201. The zero-order valence-electron chi connectivity index (χ0n) is 12.2. The predicted octanol–water partition coefficient (Wildman–Crippen LogP) is -0.0401. The molecule has 1 aromatic rings. The van der Waals surface area contributed by atoms with E-state index in [4.69, 9.17) is 4.42 Å². The normalized spacial score (nSPS) is 18.9. The number of nitrogens with zero attached hydrogens (tertiary/aromatic N) is 3. The number of likely N-dealkylation sites (N-methyl/N-ethyl adjacent to an activating group) is 2. The van der Waals surface area contributed by atoms with Crippen LogP contribution >= 0.6 is 0 Å². The minimum atomic E-state index is -0.540. The molecule has 1 atom stereocenters. The molecule has 1 aromatic heterocycles. The van der Waals surface area contributed by atoms with E-state index in [0.29, 0.717) is 18.8 Å². The molecule has 20 heavy (non-hydrogen) atoms. The summed E-state index contributed by atoms with van der Waals surface area (Å²) in [6.07, 6.45) is 0.934. The van der Waals surface area contributed by atoms with Crippen molar-refractivity contribution in [3.05, 3.63) is 24.2 Å². The quantitative estimate of drug-likeness (QED) is 0.820. The number of aliphatic hydroxyl groups excluding tert-OH is 1. The summed E-state index contributed by atoms with van der Waals surface area (Å²) in [5.74, 6) is 0.103. The minimum Gasteiger partial charge on any atom is -0.459 e. The molecule has 1 fully saturated rings. The van der Waals surface area contributed by atoms with E-state index in [-0.39, 0.29) is 5.91 Å². The molecule has 1 amide bonds. The Kier molecular flexibility index (Phi) is 5.17. The van der Waals surface area contributed by atoms with Gasteiger partial charge < -0.3 is 19.3 Å². The van der Waals surface area contributed by atoms with Crippen molar-refractivity contribution in [3.63, 3.8) is 0 Å². The van der Waals surface area contributed by atoms with E-state index in [9.17, 15) is 9.90 Å². The van der Waals surface area contributed by atoms with Crippen LogP contribution in [0.25, 0.3) is 0 Å². The van der Waals surface area contributed by atoms with Crippen molar-refractivity contribution in [3.8, 4) is 0 Å². The van der Waals surface area contributed by atoms with Crippen LogP contribution in [0.5, 0.6) is 0 Å². The lowest BCUT2D eigenvalue weighted by Gasteiger charge is -2.34. The second kappa shape index (κ2) is 6.88.